The first-order valence-electron chi connectivity index (χ1n) is 5.56. The normalized spacial score (nSPS) is 19.2. The second-order valence-electron chi connectivity index (χ2n) is 4.16. The molecule has 1 aromatic rings. The van der Waals surface area contributed by atoms with E-state index in [0.29, 0.717) is 36.1 Å². The van der Waals surface area contributed by atoms with Gasteiger partial charge >= 0.3 is 0 Å². The molecule has 0 aromatic heterocycles. The van der Waals surface area contributed by atoms with E-state index in [1.165, 1.54) is 6.07 Å². The van der Waals surface area contributed by atoms with Crippen LogP contribution in [0.3, 0.4) is 0 Å². The van der Waals surface area contributed by atoms with Crippen molar-refractivity contribution in [2.45, 2.75) is 6.42 Å². The molecule has 0 spiro atoms. The largest absolute Gasteiger partial charge is 0.492 e. The third kappa shape index (κ3) is 2.88. The van der Waals surface area contributed by atoms with Crippen LogP contribution in [0, 0.1) is 5.92 Å². The molecular formula is C12H16N2O3. The van der Waals surface area contributed by atoms with Crippen LogP contribution in [0.4, 0.5) is 5.69 Å². The van der Waals surface area contributed by atoms with E-state index < -0.39 is 5.91 Å². The Hall–Kier alpha value is -1.75. The number of ether oxygens (including phenoxy) is 2. The Labute approximate surface area is 99.7 Å². The second-order valence-corrected chi connectivity index (χ2v) is 4.16. The Balaban J connectivity index is 2.06. The molecule has 1 unspecified atom stereocenters. The fourth-order valence-corrected chi connectivity index (χ4v) is 1.79. The van der Waals surface area contributed by atoms with Crippen molar-refractivity contribution in [1.29, 1.82) is 0 Å². The number of nitrogens with two attached hydrogens (primary N) is 2. The van der Waals surface area contributed by atoms with Crippen LogP contribution >= 0.6 is 0 Å². The molecule has 1 aliphatic heterocycles. The number of benzene rings is 1. The third-order valence-electron chi connectivity index (χ3n) is 2.77. The predicted octanol–water partition coefficient (Wildman–Crippen LogP) is 0.783. The number of carbonyl (C=O) groups is 1. The first kappa shape index (κ1) is 11.7. The first-order chi connectivity index (χ1) is 8.16. The summed E-state index contributed by atoms with van der Waals surface area (Å²) in [7, 11) is 0. The van der Waals surface area contributed by atoms with E-state index in [4.69, 9.17) is 20.9 Å². The highest BCUT2D eigenvalue weighted by Gasteiger charge is 2.17. The van der Waals surface area contributed by atoms with E-state index in [1.54, 1.807) is 12.1 Å². The van der Waals surface area contributed by atoms with Crippen molar-refractivity contribution in [3.05, 3.63) is 23.8 Å². The lowest BCUT2D eigenvalue weighted by molar-refractivity contribution is 0.0995. The van der Waals surface area contributed by atoms with Gasteiger partial charge < -0.3 is 20.9 Å². The van der Waals surface area contributed by atoms with Crippen molar-refractivity contribution in [1.82, 2.24) is 0 Å². The lowest BCUT2D eigenvalue weighted by Crippen LogP contribution is -2.16. The molecule has 1 aromatic carbocycles. The standard InChI is InChI=1S/C12H16N2O3/c13-9-1-2-11(10(5-9)12(14)15)17-7-8-3-4-16-6-8/h1-2,5,8H,3-4,6-7,13H2,(H2,14,15). The van der Waals surface area contributed by atoms with Gasteiger partial charge in [-0.2, -0.15) is 0 Å². The first-order valence-corrected chi connectivity index (χ1v) is 5.56. The van der Waals surface area contributed by atoms with Gasteiger partial charge in [-0.15, -0.1) is 0 Å². The van der Waals surface area contributed by atoms with E-state index in [0.717, 1.165) is 13.0 Å². The maximum absolute atomic E-state index is 11.2. The molecule has 1 fully saturated rings. The molecule has 17 heavy (non-hydrogen) atoms. The Morgan fingerprint density at radius 3 is 3.00 bits per heavy atom. The molecule has 0 bridgehead atoms. The molecule has 0 radical (unpaired) electrons. The van der Waals surface area contributed by atoms with Crippen LogP contribution in [0.15, 0.2) is 18.2 Å². The minimum atomic E-state index is -0.532. The number of hydrogen-bond donors (Lipinski definition) is 2. The minimum Gasteiger partial charge on any atom is -0.492 e. The molecule has 92 valence electrons. The van der Waals surface area contributed by atoms with Gasteiger partial charge in [0.25, 0.3) is 5.91 Å². The molecular weight excluding hydrogens is 220 g/mol. The van der Waals surface area contributed by atoms with Crippen LogP contribution in [-0.2, 0) is 4.74 Å². The summed E-state index contributed by atoms with van der Waals surface area (Å²) < 4.78 is 10.9. The quantitative estimate of drug-likeness (QED) is 0.756. The van der Waals surface area contributed by atoms with E-state index in [-0.39, 0.29) is 0 Å². The number of anilines is 1. The summed E-state index contributed by atoms with van der Waals surface area (Å²) >= 11 is 0. The molecule has 5 heteroatoms. The molecule has 1 amide bonds. The van der Waals surface area contributed by atoms with Crippen molar-refractivity contribution in [2.75, 3.05) is 25.6 Å². The fraction of sp³-hybridized carbons (Fsp3) is 0.417. The van der Waals surface area contributed by atoms with Gasteiger partial charge in [0.05, 0.1) is 18.8 Å². The van der Waals surface area contributed by atoms with Crippen LogP contribution in [0.25, 0.3) is 0 Å². The highest BCUT2D eigenvalue weighted by molar-refractivity contribution is 5.96. The van der Waals surface area contributed by atoms with Crippen molar-refractivity contribution >= 4 is 11.6 Å². The van der Waals surface area contributed by atoms with Crippen molar-refractivity contribution in [3.63, 3.8) is 0 Å². The van der Waals surface area contributed by atoms with E-state index in [2.05, 4.69) is 0 Å². The van der Waals surface area contributed by atoms with Gasteiger partial charge in [-0.25, -0.2) is 0 Å². The smallest absolute Gasteiger partial charge is 0.252 e. The van der Waals surface area contributed by atoms with Crippen LogP contribution in [0.2, 0.25) is 0 Å². The predicted molar refractivity (Wildman–Crippen MR) is 63.8 cm³/mol. The van der Waals surface area contributed by atoms with Gasteiger partial charge in [0.15, 0.2) is 0 Å². The van der Waals surface area contributed by atoms with Gasteiger partial charge in [0.2, 0.25) is 0 Å². The molecule has 4 N–H and O–H groups in total. The van der Waals surface area contributed by atoms with E-state index >= 15 is 0 Å². The summed E-state index contributed by atoms with van der Waals surface area (Å²) in [5.41, 5.74) is 11.7. The highest BCUT2D eigenvalue weighted by Crippen LogP contribution is 2.22. The second kappa shape index (κ2) is 5.05. The van der Waals surface area contributed by atoms with Crippen LogP contribution < -0.4 is 16.2 Å². The van der Waals surface area contributed by atoms with E-state index in [9.17, 15) is 4.79 Å². The molecule has 2 rings (SSSR count). The highest BCUT2D eigenvalue weighted by atomic mass is 16.5. The molecule has 1 aliphatic rings. The van der Waals surface area contributed by atoms with Crippen molar-refractivity contribution < 1.29 is 14.3 Å². The minimum absolute atomic E-state index is 0.323. The number of amides is 1. The topological polar surface area (TPSA) is 87.6 Å². The molecule has 5 nitrogen and oxygen atoms in total. The summed E-state index contributed by atoms with van der Waals surface area (Å²) in [4.78, 5) is 11.2. The third-order valence-corrected chi connectivity index (χ3v) is 2.77. The number of nitrogen functional groups attached to an aromatic ring is 1. The van der Waals surface area contributed by atoms with Crippen molar-refractivity contribution in [2.24, 2.45) is 11.7 Å². The lowest BCUT2D eigenvalue weighted by atomic mass is 10.1. The molecule has 0 saturated carbocycles. The molecule has 1 saturated heterocycles. The Kier molecular flexibility index (Phi) is 3.49. The number of rotatable bonds is 4. The number of hydrogen-bond acceptors (Lipinski definition) is 4. The summed E-state index contributed by atoms with van der Waals surface area (Å²) in [5, 5.41) is 0. The summed E-state index contributed by atoms with van der Waals surface area (Å²) in [6.07, 6.45) is 0.987. The summed E-state index contributed by atoms with van der Waals surface area (Å²) in [6.45, 7) is 2.02. The average Bonchev–Trinajstić information content (AvgIpc) is 2.80. The molecule has 1 heterocycles. The van der Waals surface area contributed by atoms with Gasteiger partial charge in [0.1, 0.15) is 5.75 Å². The average molecular weight is 236 g/mol. The summed E-state index contributed by atoms with van der Waals surface area (Å²) in [5.74, 6) is 0.335. The zero-order valence-corrected chi connectivity index (χ0v) is 9.52. The Bertz CT molecular complexity index is 414. The van der Waals surface area contributed by atoms with Gasteiger partial charge in [0, 0.05) is 18.2 Å². The number of carbonyl (C=O) groups excluding carboxylic acids is 1. The SMILES string of the molecule is NC(=O)c1cc(N)ccc1OCC1CCOC1. The van der Waals surface area contributed by atoms with Crippen LogP contribution in [-0.4, -0.2) is 25.7 Å². The van der Waals surface area contributed by atoms with Gasteiger partial charge in [-0.1, -0.05) is 0 Å². The zero-order chi connectivity index (χ0) is 12.3. The maximum atomic E-state index is 11.2. The Morgan fingerprint density at radius 1 is 1.53 bits per heavy atom. The maximum Gasteiger partial charge on any atom is 0.252 e. The van der Waals surface area contributed by atoms with Gasteiger partial charge in [-0.05, 0) is 24.6 Å². The molecule has 1 atom stereocenters. The molecule has 0 aliphatic carbocycles. The zero-order valence-electron chi connectivity index (χ0n) is 9.52. The van der Waals surface area contributed by atoms with Gasteiger partial charge in [-0.3, -0.25) is 4.79 Å². The monoisotopic (exact) mass is 236 g/mol. The lowest BCUT2D eigenvalue weighted by Gasteiger charge is -2.13. The van der Waals surface area contributed by atoms with Crippen LogP contribution in [0.1, 0.15) is 16.8 Å². The summed E-state index contributed by atoms with van der Waals surface area (Å²) in [6, 6.07) is 4.89. The van der Waals surface area contributed by atoms with E-state index in [1.807, 2.05) is 0 Å². The fourth-order valence-electron chi connectivity index (χ4n) is 1.79. The van der Waals surface area contributed by atoms with Crippen molar-refractivity contribution in [3.8, 4) is 5.75 Å². The van der Waals surface area contributed by atoms with Crippen LogP contribution in [0.5, 0.6) is 5.75 Å². The number of primary amides is 1. The Morgan fingerprint density at radius 2 is 2.35 bits per heavy atom.